The normalized spacial score (nSPS) is 12.8. The second kappa shape index (κ2) is 5.90. The van der Waals surface area contributed by atoms with Gasteiger partial charge in [0.1, 0.15) is 12.2 Å². The summed E-state index contributed by atoms with van der Waals surface area (Å²) in [6.45, 7) is 3.03. The Kier molecular flexibility index (Phi) is 4.24. The van der Waals surface area contributed by atoms with Crippen molar-refractivity contribution in [3.8, 4) is 0 Å². The van der Waals surface area contributed by atoms with E-state index < -0.39 is 0 Å². The highest BCUT2D eigenvalue weighted by atomic mass is 32.1. The smallest absolute Gasteiger partial charge is 0.138 e. The van der Waals surface area contributed by atoms with Crippen LogP contribution in [0.3, 0.4) is 0 Å². The van der Waals surface area contributed by atoms with Gasteiger partial charge < -0.3 is 0 Å². The van der Waals surface area contributed by atoms with Crippen LogP contribution in [0.4, 0.5) is 0 Å². The highest BCUT2D eigenvalue weighted by Crippen LogP contribution is 2.19. The van der Waals surface area contributed by atoms with Gasteiger partial charge in [0.05, 0.1) is 6.04 Å². The van der Waals surface area contributed by atoms with E-state index in [-0.39, 0.29) is 6.04 Å². The molecule has 17 heavy (non-hydrogen) atoms. The Hall–Kier alpha value is -1.24. The minimum Gasteiger partial charge on any atom is -0.271 e. The number of aryl methyl sites for hydroxylation is 1. The van der Waals surface area contributed by atoms with E-state index in [9.17, 15) is 0 Å². The van der Waals surface area contributed by atoms with Crippen molar-refractivity contribution < 1.29 is 0 Å². The van der Waals surface area contributed by atoms with E-state index in [0.29, 0.717) is 0 Å². The Morgan fingerprint density at radius 3 is 3.12 bits per heavy atom. The van der Waals surface area contributed by atoms with Crippen LogP contribution in [0.1, 0.15) is 30.8 Å². The lowest BCUT2D eigenvalue weighted by Crippen LogP contribution is -2.30. The van der Waals surface area contributed by atoms with Gasteiger partial charge in [0, 0.05) is 13.0 Å². The predicted molar refractivity (Wildman–Crippen MR) is 68.4 cm³/mol. The summed E-state index contributed by atoms with van der Waals surface area (Å²) >= 11 is 1.67. The van der Waals surface area contributed by atoms with E-state index in [1.165, 1.54) is 5.56 Å². The third kappa shape index (κ3) is 2.91. The fraction of sp³-hybridized carbons (Fsp3) is 0.455. The van der Waals surface area contributed by atoms with E-state index in [4.69, 9.17) is 5.84 Å². The first-order chi connectivity index (χ1) is 8.35. The van der Waals surface area contributed by atoms with Crippen LogP contribution >= 0.6 is 11.3 Å². The third-order valence-electron chi connectivity index (χ3n) is 2.66. The lowest BCUT2D eigenvalue weighted by molar-refractivity contribution is 0.500. The number of hydrazine groups is 1. The maximum absolute atomic E-state index is 5.60. The van der Waals surface area contributed by atoms with Gasteiger partial charge in [-0.15, -0.1) is 0 Å². The van der Waals surface area contributed by atoms with Crippen LogP contribution in [0.5, 0.6) is 0 Å². The molecule has 1 atom stereocenters. The average molecular weight is 251 g/mol. The molecule has 5 nitrogen and oxygen atoms in total. The third-order valence-corrected chi connectivity index (χ3v) is 3.37. The molecule has 3 N–H and O–H groups in total. The number of nitrogens with two attached hydrogens (primary N) is 1. The molecule has 2 rings (SSSR count). The average Bonchev–Trinajstić information content (AvgIpc) is 2.97. The number of thiophene rings is 1. The molecular weight excluding hydrogens is 234 g/mol. The maximum Gasteiger partial charge on any atom is 0.138 e. The van der Waals surface area contributed by atoms with Crippen LogP contribution in [-0.4, -0.2) is 14.8 Å². The number of nitrogens with one attached hydrogen (secondary N) is 1. The van der Waals surface area contributed by atoms with E-state index in [0.717, 1.165) is 25.2 Å². The molecule has 6 heteroatoms. The molecule has 0 fully saturated rings. The van der Waals surface area contributed by atoms with Crippen molar-refractivity contribution in [2.75, 3.05) is 0 Å². The van der Waals surface area contributed by atoms with Crippen LogP contribution in [0.2, 0.25) is 0 Å². The van der Waals surface area contributed by atoms with Crippen molar-refractivity contribution in [2.45, 2.75) is 32.4 Å². The van der Waals surface area contributed by atoms with Gasteiger partial charge in [0.25, 0.3) is 0 Å². The Morgan fingerprint density at radius 1 is 1.59 bits per heavy atom. The second-order valence-corrected chi connectivity index (χ2v) is 4.66. The number of hydrogen-bond donors (Lipinski definition) is 2. The van der Waals surface area contributed by atoms with Gasteiger partial charge >= 0.3 is 0 Å². The lowest BCUT2D eigenvalue weighted by Gasteiger charge is -2.14. The number of aromatic nitrogens is 3. The first-order valence-corrected chi connectivity index (χ1v) is 6.64. The summed E-state index contributed by atoms with van der Waals surface area (Å²) in [5.74, 6) is 6.57. The molecule has 0 saturated heterocycles. The van der Waals surface area contributed by atoms with Gasteiger partial charge in [0.15, 0.2) is 0 Å². The molecule has 1 unspecified atom stereocenters. The number of rotatable bonds is 6. The fourth-order valence-electron chi connectivity index (χ4n) is 1.77. The minimum atomic E-state index is 0.0982. The number of nitrogens with zero attached hydrogens (tertiary/aromatic N) is 3. The molecule has 0 bridgehead atoms. The lowest BCUT2D eigenvalue weighted by atomic mass is 10.1. The SMILES string of the molecule is CCCn1ncnc1CC(NN)c1ccsc1. The van der Waals surface area contributed by atoms with Crippen LogP contribution in [0.15, 0.2) is 23.2 Å². The molecule has 0 aliphatic heterocycles. The molecule has 0 aromatic carbocycles. The van der Waals surface area contributed by atoms with Crippen LogP contribution in [-0.2, 0) is 13.0 Å². The number of hydrogen-bond acceptors (Lipinski definition) is 5. The zero-order chi connectivity index (χ0) is 12.1. The topological polar surface area (TPSA) is 68.8 Å². The van der Waals surface area contributed by atoms with Crippen molar-refractivity contribution in [3.05, 3.63) is 34.5 Å². The first-order valence-electron chi connectivity index (χ1n) is 5.70. The summed E-state index contributed by atoms with van der Waals surface area (Å²) in [5, 5.41) is 8.37. The summed E-state index contributed by atoms with van der Waals surface area (Å²) in [6, 6.07) is 2.18. The molecule has 0 aliphatic rings. The van der Waals surface area contributed by atoms with Crippen LogP contribution in [0, 0.1) is 0 Å². The Balaban J connectivity index is 2.10. The highest BCUT2D eigenvalue weighted by Gasteiger charge is 2.14. The molecule has 0 aliphatic carbocycles. The van der Waals surface area contributed by atoms with Gasteiger partial charge in [-0.25, -0.2) is 4.98 Å². The molecular formula is C11H17N5S. The zero-order valence-electron chi connectivity index (χ0n) is 9.84. The van der Waals surface area contributed by atoms with E-state index >= 15 is 0 Å². The van der Waals surface area contributed by atoms with E-state index in [1.54, 1.807) is 17.7 Å². The van der Waals surface area contributed by atoms with E-state index in [2.05, 4.69) is 39.3 Å². The van der Waals surface area contributed by atoms with Gasteiger partial charge in [0.2, 0.25) is 0 Å². The Morgan fingerprint density at radius 2 is 2.47 bits per heavy atom. The van der Waals surface area contributed by atoms with Crippen LogP contribution < -0.4 is 11.3 Å². The van der Waals surface area contributed by atoms with Gasteiger partial charge in [-0.1, -0.05) is 6.92 Å². The van der Waals surface area contributed by atoms with Gasteiger partial charge in [-0.2, -0.15) is 16.4 Å². The Labute approximate surface area is 105 Å². The van der Waals surface area contributed by atoms with E-state index in [1.807, 2.05) is 4.68 Å². The molecule has 2 aromatic heterocycles. The second-order valence-electron chi connectivity index (χ2n) is 3.88. The van der Waals surface area contributed by atoms with Gasteiger partial charge in [-0.05, 0) is 28.8 Å². The summed E-state index contributed by atoms with van der Waals surface area (Å²) in [6.07, 6.45) is 3.41. The Bertz CT molecular complexity index is 436. The van der Waals surface area contributed by atoms with Crippen LogP contribution in [0.25, 0.3) is 0 Å². The first kappa shape index (κ1) is 12.2. The molecule has 2 aromatic rings. The summed E-state index contributed by atoms with van der Waals surface area (Å²) in [4.78, 5) is 4.29. The fourth-order valence-corrected chi connectivity index (χ4v) is 2.49. The molecule has 0 radical (unpaired) electrons. The largest absolute Gasteiger partial charge is 0.271 e. The van der Waals surface area contributed by atoms with Crippen molar-refractivity contribution in [2.24, 2.45) is 5.84 Å². The van der Waals surface area contributed by atoms with Gasteiger partial charge in [-0.3, -0.25) is 16.0 Å². The zero-order valence-corrected chi connectivity index (χ0v) is 10.7. The molecule has 0 spiro atoms. The highest BCUT2D eigenvalue weighted by molar-refractivity contribution is 7.07. The molecule has 2 heterocycles. The van der Waals surface area contributed by atoms with Crippen molar-refractivity contribution in [1.82, 2.24) is 20.2 Å². The minimum absolute atomic E-state index is 0.0982. The monoisotopic (exact) mass is 251 g/mol. The van der Waals surface area contributed by atoms with Crippen molar-refractivity contribution in [3.63, 3.8) is 0 Å². The maximum atomic E-state index is 5.60. The summed E-state index contributed by atoms with van der Waals surface area (Å²) < 4.78 is 1.94. The summed E-state index contributed by atoms with van der Waals surface area (Å²) in [5.41, 5.74) is 4.04. The standard InChI is InChI=1S/C11H17N5S/c1-2-4-16-11(13-8-14-16)6-10(15-12)9-3-5-17-7-9/h3,5,7-8,10,15H,2,4,6,12H2,1H3. The van der Waals surface area contributed by atoms with Crippen molar-refractivity contribution >= 4 is 11.3 Å². The van der Waals surface area contributed by atoms with Crippen molar-refractivity contribution in [1.29, 1.82) is 0 Å². The quantitative estimate of drug-likeness (QED) is 0.603. The molecule has 0 saturated carbocycles. The molecule has 0 amide bonds. The summed E-state index contributed by atoms with van der Waals surface area (Å²) in [7, 11) is 0. The molecule has 92 valence electrons. The predicted octanol–water partition coefficient (Wildman–Crippen LogP) is 1.50.